The van der Waals surface area contributed by atoms with Crippen molar-refractivity contribution in [3.05, 3.63) is 29.8 Å². The normalized spacial score (nSPS) is 10.2. The molecule has 0 unspecified atom stereocenters. The molecular weight excluding hydrogens is 222 g/mol. The summed E-state index contributed by atoms with van der Waals surface area (Å²) in [5, 5.41) is 3.55. The molecule has 0 aliphatic rings. The van der Waals surface area contributed by atoms with Gasteiger partial charge >= 0.3 is 5.97 Å². The maximum Gasteiger partial charge on any atom is 0.379 e. The van der Waals surface area contributed by atoms with E-state index in [2.05, 4.69) is 15.1 Å². The Bertz CT molecular complexity index is 519. The predicted octanol–water partition coefficient (Wildman–Crippen LogP) is 1.62. The molecule has 0 saturated heterocycles. The zero-order valence-corrected chi connectivity index (χ0v) is 9.51. The van der Waals surface area contributed by atoms with E-state index in [0.29, 0.717) is 5.56 Å². The van der Waals surface area contributed by atoms with E-state index in [1.54, 1.807) is 19.2 Å². The van der Waals surface area contributed by atoms with Crippen molar-refractivity contribution >= 4 is 5.97 Å². The summed E-state index contributed by atoms with van der Waals surface area (Å²) in [6, 6.07) is 3.62. The summed E-state index contributed by atoms with van der Waals surface area (Å²) in [6.45, 7) is 3.86. The van der Waals surface area contributed by atoms with Crippen molar-refractivity contribution < 1.29 is 14.1 Å². The molecule has 2 heterocycles. The van der Waals surface area contributed by atoms with E-state index in [4.69, 9.17) is 9.26 Å². The van der Waals surface area contributed by atoms with Gasteiger partial charge in [0.2, 0.25) is 0 Å². The van der Waals surface area contributed by atoms with Gasteiger partial charge in [0.1, 0.15) is 0 Å². The van der Waals surface area contributed by atoms with E-state index in [0.717, 1.165) is 5.69 Å². The Morgan fingerprint density at radius 2 is 2.29 bits per heavy atom. The Morgan fingerprint density at radius 3 is 2.94 bits per heavy atom. The molecule has 0 amide bonds. The lowest BCUT2D eigenvalue weighted by molar-refractivity contribution is 0.0508. The average Bonchev–Trinajstić information content (AvgIpc) is 2.80. The first-order valence-electron chi connectivity index (χ1n) is 5.14. The van der Waals surface area contributed by atoms with Crippen LogP contribution in [-0.4, -0.2) is 27.7 Å². The number of esters is 1. The number of pyridine rings is 1. The van der Waals surface area contributed by atoms with Crippen molar-refractivity contribution in [3.63, 3.8) is 0 Å². The van der Waals surface area contributed by atoms with Crippen LogP contribution in [0, 0.1) is 6.92 Å². The van der Waals surface area contributed by atoms with Crippen LogP contribution in [0.1, 0.15) is 23.2 Å². The summed E-state index contributed by atoms with van der Waals surface area (Å²) in [7, 11) is 0. The van der Waals surface area contributed by atoms with Gasteiger partial charge in [-0.1, -0.05) is 0 Å². The zero-order chi connectivity index (χ0) is 12.3. The van der Waals surface area contributed by atoms with E-state index in [1.165, 1.54) is 0 Å². The van der Waals surface area contributed by atoms with Crippen molar-refractivity contribution in [3.8, 4) is 11.5 Å². The molecule has 0 saturated carbocycles. The first-order chi connectivity index (χ1) is 8.20. The maximum atomic E-state index is 11.3. The van der Waals surface area contributed by atoms with Crippen LogP contribution in [0.2, 0.25) is 0 Å². The molecule has 0 spiro atoms. The zero-order valence-electron chi connectivity index (χ0n) is 9.51. The highest BCUT2D eigenvalue weighted by Crippen LogP contribution is 2.16. The molecule has 0 aliphatic heterocycles. The summed E-state index contributed by atoms with van der Waals surface area (Å²) < 4.78 is 9.71. The van der Waals surface area contributed by atoms with Crippen LogP contribution in [0.25, 0.3) is 11.5 Å². The minimum Gasteiger partial charge on any atom is -0.460 e. The molecular formula is C11H11N3O3. The fraction of sp³-hybridized carbons (Fsp3) is 0.273. The minimum absolute atomic E-state index is 0.0811. The van der Waals surface area contributed by atoms with Crippen molar-refractivity contribution in [2.45, 2.75) is 13.8 Å². The molecule has 0 fully saturated rings. The molecule has 2 aromatic heterocycles. The number of ether oxygens (including phenoxy) is 1. The highest BCUT2D eigenvalue weighted by molar-refractivity contribution is 5.85. The third-order valence-electron chi connectivity index (χ3n) is 2.04. The number of aryl methyl sites for hydroxylation is 1. The number of carbonyl (C=O) groups is 1. The summed E-state index contributed by atoms with van der Waals surface area (Å²) in [6.07, 6.45) is 1.61. The Balaban J connectivity index is 2.23. The van der Waals surface area contributed by atoms with Crippen molar-refractivity contribution in [2.75, 3.05) is 6.61 Å². The van der Waals surface area contributed by atoms with Gasteiger partial charge in [0.05, 0.1) is 12.2 Å². The monoisotopic (exact) mass is 233 g/mol. The Morgan fingerprint density at radius 1 is 1.47 bits per heavy atom. The molecule has 0 aromatic carbocycles. The van der Waals surface area contributed by atoms with Crippen molar-refractivity contribution in [1.82, 2.24) is 15.1 Å². The van der Waals surface area contributed by atoms with Gasteiger partial charge in [-0.15, -0.1) is 0 Å². The number of rotatable bonds is 3. The van der Waals surface area contributed by atoms with E-state index in [-0.39, 0.29) is 18.3 Å². The molecule has 0 bridgehead atoms. The molecule has 0 atom stereocenters. The van der Waals surface area contributed by atoms with E-state index in [9.17, 15) is 4.79 Å². The first kappa shape index (κ1) is 11.3. The van der Waals surface area contributed by atoms with Crippen LogP contribution in [0.4, 0.5) is 0 Å². The van der Waals surface area contributed by atoms with E-state index in [1.807, 2.05) is 13.0 Å². The minimum atomic E-state index is -0.595. The Labute approximate surface area is 97.6 Å². The average molecular weight is 233 g/mol. The number of carbonyl (C=O) groups excluding carboxylic acids is 1. The smallest absolute Gasteiger partial charge is 0.379 e. The van der Waals surface area contributed by atoms with Gasteiger partial charge in [0, 0.05) is 11.9 Å². The van der Waals surface area contributed by atoms with Gasteiger partial charge in [-0.25, -0.2) is 4.79 Å². The van der Waals surface area contributed by atoms with Gasteiger partial charge in [0.15, 0.2) is 0 Å². The SMILES string of the molecule is CCOC(=O)c1noc(-c2ccc(C)nc2)n1. The summed E-state index contributed by atoms with van der Waals surface area (Å²) in [5.74, 6) is -0.425. The standard InChI is InChI=1S/C11H11N3O3/c1-3-16-11(15)9-13-10(17-14-9)8-5-4-7(2)12-6-8/h4-6H,3H2,1-2H3. The van der Waals surface area contributed by atoms with Gasteiger partial charge in [0.25, 0.3) is 11.7 Å². The van der Waals surface area contributed by atoms with Gasteiger partial charge < -0.3 is 9.26 Å². The van der Waals surface area contributed by atoms with Crippen LogP contribution in [-0.2, 0) is 4.74 Å². The molecule has 2 rings (SSSR count). The molecule has 17 heavy (non-hydrogen) atoms. The lowest BCUT2D eigenvalue weighted by atomic mass is 10.2. The van der Waals surface area contributed by atoms with Gasteiger partial charge in [-0.3, -0.25) is 4.98 Å². The first-order valence-corrected chi connectivity index (χ1v) is 5.14. The molecule has 2 aromatic rings. The third kappa shape index (κ3) is 2.47. The van der Waals surface area contributed by atoms with Crippen LogP contribution in [0.15, 0.2) is 22.9 Å². The van der Waals surface area contributed by atoms with E-state index >= 15 is 0 Å². The number of hydrogen-bond donors (Lipinski definition) is 0. The maximum absolute atomic E-state index is 11.3. The molecule has 0 N–H and O–H groups in total. The largest absolute Gasteiger partial charge is 0.460 e. The fourth-order valence-electron chi connectivity index (χ4n) is 1.21. The topological polar surface area (TPSA) is 78.1 Å². The number of hydrogen-bond acceptors (Lipinski definition) is 6. The van der Waals surface area contributed by atoms with Crippen LogP contribution >= 0.6 is 0 Å². The van der Waals surface area contributed by atoms with Crippen molar-refractivity contribution in [1.29, 1.82) is 0 Å². The summed E-state index contributed by atoms with van der Waals surface area (Å²) >= 11 is 0. The van der Waals surface area contributed by atoms with Crippen LogP contribution in [0.3, 0.4) is 0 Å². The molecule has 0 aliphatic carbocycles. The summed E-state index contributed by atoms with van der Waals surface area (Å²) in [4.78, 5) is 19.4. The molecule has 0 radical (unpaired) electrons. The second-order valence-electron chi connectivity index (χ2n) is 3.33. The summed E-state index contributed by atoms with van der Waals surface area (Å²) in [5.41, 5.74) is 1.55. The highest BCUT2D eigenvalue weighted by atomic mass is 16.5. The fourth-order valence-corrected chi connectivity index (χ4v) is 1.21. The highest BCUT2D eigenvalue weighted by Gasteiger charge is 2.16. The van der Waals surface area contributed by atoms with Crippen LogP contribution in [0.5, 0.6) is 0 Å². The second kappa shape index (κ2) is 4.73. The Hall–Kier alpha value is -2.24. The molecule has 6 nitrogen and oxygen atoms in total. The number of aromatic nitrogens is 3. The lowest BCUT2D eigenvalue weighted by Gasteiger charge is -1.94. The third-order valence-corrected chi connectivity index (χ3v) is 2.04. The molecule has 6 heteroatoms. The quantitative estimate of drug-likeness (QED) is 0.749. The molecule has 88 valence electrons. The van der Waals surface area contributed by atoms with Gasteiger partial charge in [-0.2, -0.15) is 4.98 Å². The second-order valence-corrected chi connectivity index (χ2v) is 3.33. The van der Waals surface area contributed by atoms with Gasteiger partial charge in [-0.05, 0) is 31.1 Å². The van der Waals surface area contributed by atoms with E-state index < -0.39 is 5.97 Å². The van der Waals surface area contributed by atoms with Crippen molar-refractivity contribution in [2.24, 2.45) is 0 Å². The van der Waals surface area contributed by atoms with Crippen LogP contribution < -0.4 is 0 Å². The lowest BCUT2D eigenvalue weighted by Crippen LogP contribution is -2.06. The number of nitrogens with zero attached hydrogens (tertiary/aromatic N) is 3. The Kier molecular flexibility index (Phi) is 3.13. The predicted molar refractivity (Wildman–Crippen MR) is 58.2 cm³/mol.